The summed E-state index contributed by atoms with van der Waals surface area (Å²) in [6.45, 7) is 2.87. The minimum atomic E-state index is -0.323. The van der Waals surface area contributed by atoms with Crippen LogP contribution in [0.1, 0.15) is 37.7 Å². The van der Waals surface area contributed by atoms with Crippen LogP contribution in [0.15, 0.2) is 48.5 Å². The molecule has 3 rings (SSSR count). The third-order valence-corrected chi connectivity index (χ3v) is 5.06. The van der Waals surface area contributed by atoms with Crippen molar-refractivity contribution in [2.45, 2.75) is 38.5 Å². The summed E-state index contributed by atoms with van der Waals surface area (Å²) < 4.78 is 18.2. The Hall–Kier alpha value is -2.56. The molecule has 150 valence electrons. The highest BCUT2D eigenvalue weighted by Gasteiger charge is 2.09. The standard InChI is InChI=1S/C23H29FN2O2/c24-20-9-13-22(14-10-20)28-18-23(27)25-15-5-6-19-7-11-21(12-8-19)26-16-3-1-2-4-17-26/h7-14H,1-6,15-18H2,(H,25,27). The number of hydrogen-bond donors (Lipinski definition) is 1. The van der Waals surface area contributed by atoms with Gasteiger partial charge >= 0.3 is 0 Å². The van der Waals surface area contributed by atoms with Crippen LogP contribution in [0.2, 0.25) is 0 Å². The lowest BCUT2D eigenvalue weighted by molar-refractivity contribution is -0.123. The SMILES string of the molecule is O=C(COc1ccc(F)cc1)NCCCc1ccc(N2CCCCCC2)cc1. The van der Waals surface area contributed by atoms with Gasteiger partial charge in [0.25, 0.3) is 5.91 Å². The van der Waals surface area contributed by atoms with Crippen molar-refractivity contribution in [3.05, 3.63) is 59.9 Å². The Morgan fingerprint density at radius 2 is 1.64 bits per heavy atom. The molecule has 0 bridgehead atoms. The summed E-state index contributed by atoms with van der Waals surface area (Å²) in [5.74, 6) is -0.00172. The average Bonchev–Trinajstić information content (AvgIpc) is 3.01. The van der Waals surface area contributed by atoms with Crippen molar-refractivity contribution >= 4 is 11.6 Å². The van der Waals surface area contributed by atoms with Crippen molar-refractivity contribution in [3.63, 3.8) is 0 Å². The minimum Gasteiger partial charge on any atom is -0.484 e. The number of nitrogens with zero attached hydrogens (tertiary/aromatic N) is 1. The molecule has 0 saturated carbocycles. The number of anilines is 1. The van der Waals surface area contributed by atoms with E-state index in [1.54, 1.807) is 0 Å². The first-order chi connectivity index (χ1) is 13.7. The Labute approximate surface area is 166 Å². The first kappa shape index (κ1) is 20.2. The zero-order chi connectivity index (χ0) is 19.6. The Morgan fingerprint density at radius 3 is 2.32 bits per heavy atom. The van der Waals surface area contributed by atoms with E-state index in [9.17, 15) is 9.18 Å². The summed E-state index contributed by atoms with van der Waals surface area (Å²) in [5.41, 5.74) is 2.60. The number of carbonyl (C=O) groups is 1. The smallest absolute Gasteiger partial charge is 0.257 e. The van der Waals surface area contributed by atoms with Crippen LogP contribution in [-0.2, 0) is 11.2 Å². The molecule has 0 radical (unpaired) electrons. The highest BCUT2D eigenvalue weighted by molar-refractivity contribution is 5.77. The fraction of sp³-hybridized carbons (Fsp3) is 0.435. The van der Waals surface area contributed by atoms with Crippen LogP contribution in [0.3, 0.4) is 0 Å². The van der Waals surface area contributed by atoms with Crippen molar-refractivity contribution in [1.82, 2.24) is 5.32 Å². The summed E-state index contributed by atoms with van der Waals surface area (Å²) in [6.07, 6.45) is 7.06. The first-order valence-corrected chi connectivity index (χ1v) is 10.2. The van der Waals surface area contributed by atoms with Gasteiger partial charge in [0.15, 0.2) is 6.61 Å². The maximum atomic E-state index is 12.8. The molecule has 28 heavy (non-hydrogen) atoms. The Morgan fingerprint density at radius 1 is 0.964 bits per heavy atom. The van der Waals surface area contributed by atoms with E-state index in [1.165, 1.54) is 61.2 Å². The van der Waals surface area contributed by atoms with Crippen LogP contribution < -0.4 is 15.0 Å². The number of amides is 1. The van der Waals surface area contributed by atoms with Gasteiger partial charge in [0, 0.05) is 25.3 Å². The number of ether oxygens (including phenoxy) is 1. The van der Waals surface area contributed by atoms with Crippen LogP contribution in [0.4, 0.5) is 10.1 Å². The average molecular weight is 384 g/mol. The van der Waals surface area contributed by atoms with E-state index < -0.39 is 0 Å². The van der Waals surface area contributed by atoms with E-state index in [1.807, 2.05) is 0 Å². The topological polar surface area (TPSA) is 41.6 Å². The second kappa shape index (κ2) is 10.7. The molecule has 2 aromatic rings. The lowest BCUT2D eigenvalue weighted by Gasteiger charge is -2.22. The molecule has 0 aromatic heterocycles. The number of carbonyl (C=O) groups excluding carboxylic acids is 1. The van der Waals surface area contributed by atoms with Crippen LogP contribution in [0, 0.1) is 5.82 Å². The van der Waals surface area contributed by atoms with Gasteiger partial charge in [-0.05, 0) is 67.6 Å². The van der Waals surface area contributed by atoms with Crippen molar-refractivity contribution in [2.24, 2.45) is 0 Å². The quantitative estimate of drug-likeness (QED) is 0.689. The van der Waals surface area contributed by atoms with Gasteiger partial charge in [-0.2, -0.15) is 0 Å². The molecule has 1 heterocycles. The molecule has 2 aromatic carbocycles. The second-order valence-electron chi connectivity index (χ2n) is 7.26. The summed E-state index contributed by atoms with van der Waals surface area (Å²) in [6, 6.07) is 14.5. The molecule has 0 spiro atoms. The number of halogens is 1. The molecule has 5 heteroatoms. The summed E-state index contributed by atoms with van der Waals surface area (Å²) in [7, 11) is 0. The van der Waals surface area contributed by atoms with Crippen molar-refractivity contribution in [2.75, 3.05) is 31.1 Å². The van der Waals surface area contributed by atoms with E-state index in [2.05, 4.69) is 34.5 Å². The Bertz CT molecular complexity index is 723. The van der Waals surface area contributed by atoms with Crippen molar-refractivity contribution < 1.29 is 13.9 Å². The lowest BCUT2D eigenvalue weighted by atomic mass is 10.1. The molecule has 1 amide bonds. The number of hydrogen-bond acceptors (Lipinski definition) is 3. The Kier molecular flexibility index (Phi) is 7.71. The predicted molar refractivity (Wildman–Crippen MR) is 110 cm³/mol. The third kappa shape index (κ3) is 6.55. The van der Waals surface area contributed by atoms with E-state index in [-0.39, 0.29) is 18.3 Å². The second-order valence-corrected chi connectivity index (χ2v) is 7.26. The summed E-state index contributed by atoms with van der Waals surface area (Å²) >= 11 is 0. The number of nitrogens with one attached hydrogen (secondary N) is 1. The number of aryl methyl sites for hydroxylation is 1. The minimum absolute atomic E-state index is 0.0594. The van der Waals surface area contributed by atoms with Gasteiger partial charge in [-0.3, -0.25) is 4.79 Å². The number of benzene rings is 2. The highest BCUT2D eigenvalue weighted by atomic mass is 19.1. The van der Waals surface area contributed by atoms with Gasteiger partial charge in [0.05, 0.1) is 0 Å². The van der Waals surface area contributed by atoms with Gasteiger partial charge in [-0.1, -0.05) is 25.0 Å². The Balaban J connectivity index is 1.33. The zero-order valence-electron chi connectivity index (χ0n) is 16.3. The van der Waals surface area contributed by atoms with E-state index in [0.717, 1.165) is 25.9 Å². The van der Waals surface area contributed by atoms with Crippen molar-refractivity contribution in [3.8, 4) is 5.75 Å². The van der Waals surface area contributed by atoms with Crippen LogP contribution in [0.25, 0.3) is 0 Å². The molecule has 1 saturated heterocycles. The molecule has 1 aliphatic heterocycles. The highest BCUT2D eigenvalue weighted by Crippen LogP contribution is 2.20. The maximum Gasteiger partial charge on any atom is 0.257 e. The normalized spacial score (nSPS) is 14.4. The van der Waals surface area contributed by atoms with Crippen LogP contribution >= 0.6 is 0 Å². The first-order valence-electron chi connectivity index (χ1n) is 10.2. The van der Waals surface area contributed by atoms with Gasteiger partial charge in [0.1, 0.15) is 11.6 Å². The summed E-state index contributed by atoms with van der Waals surface area (Å²) in [4.78, 5) is 14.3. The van der Waals surface area contributed by atoms with E-state index in [0.29, 0.717) is 12.3 Å². The van der Waals surface area contributed by atoms with Crippen LogP contribution in [-0.4, -0.2) is 32.1 Å². The molecule has 4 nitrogen and oxygen atoms in total. The molecular weight excluding hydrogens is 355 g/mol. The summed E-state index contributed by atoms with van der Waals surface area (Å²) in [5, 5.41) is 2.86. The maximum absolute atomic E-state index is 12.8. The fourth-order valence-corrected chi connectivity index (χ4v) is 3.45. The van der Waals surface area contributed by atoms with Gasteiger partial charge in [-0.25, -0.2) is 4.39 Å². The van der Waals surface area contributed by atoms with Gasteiger partial charge in [0.2, 0.25) is 0 Å². The van der Waals surface area contributed by atoms with E-state index >= 15 is 0 Å². The molecule has 0 unspecified atom stereocenters. The fourth-order valence-electron chi connectivity index (χ4n) is 3.45. The van der Waals surface area contributed by atoms with Gasteiger partial charge < -0.3 is 15.0 Å². The molecule has 1 aliphatic rings. The largest absolute Gasteiger partial charge is 0.484 e. The molecule has 1 N–H and O–H groups in total. The lowest BCUT2D eigenvalue weighted by Crippen LogP contribution is -2.29. The monoisotopic (exact) mass is 384 g/mol. The number of rotatable bonds is 8. The van der Waals surface area contributed by atoms with Crippen LogP contribution in [0.5, 0.6) is 5.75 Å². The third-order valence-electron chi connectivity index (χ3n) is 5.06. The molecule has 1 fully saturated rings. The molecule has 0 aliphatic carbocycles. The van der Waals surface area contributed by atoms with E-state index in [4.69, 9.17) is 4.74 Å². The zero-order valence-corrected chi connectivity index (χ0v) is 16.3. The molecular formula is C23H29FN2O2. The predicted octanol–water partition coefficient (Wildman–Crippen LogP) is 4.33. The van der Waals surface area contributed by atoms with Crippen molar-refractivity contribution in [1.29, 1.82) is 0 Å². The van der Waals surface area contributed by atoms with Gasteiger partial charge in [-0.15, -0.1) is 0 Å². The molecule has 0 atom stereocenters.